The molecule has 2 aliphatic rings. The molecular formula is C14H24ClN5O. The van der Waals surface area contributed by atoms with Crippen molar-refractivity contribution in [3.8, 4) is 0 Å². The van der Waals surface area contributed by atoms with Gasteiger partial charge in [-0.2, -0.15) is 5.10 Å². The smallest absolute Gasteiger partial charge is 0.241 e. The van der Waals surface area contributed by atoms with E-state index in [1.807, 2.05) is 18.1 Å². The summed E-state index contributed by atoms with van der Waals surface area (Å²) in [6, 6.07) is 0. The number of aryl methyl sites for hydroxylation is 1. The Morgan fingerprint density at radius 2 is 2.10 bits per heavy atom. The number of amides is 1. The molecule has 1 aromatic heterocycles. The van der Waals surface area contributed by atoms with Crippen LogP contribution in [0.2, 0.25) is 0 Å². The molecule has 0 aromatic carbocycles. The van der Waals surface area contributed by atoms with Gasteiger partial charge in [-0.15, -0.1) is 12.4 Å². The van der Waals surface area contributed by atoms with Gasteiger partial charge in [-0.1, -0.05) is 0 Å². The summed E-state index contributed by atoms with van der Waals surface area (Å²) in [5, 5.41) is 7.53. The molecule has 21 heavy (non-hydrogen) atoms. The monoisotopic (exact) mass is 313 g/mol. The van der Waals surface area contributed by atoms with Crippen molar-refractivity contribution >= 4 is 24.0 Å². The second-order valence-electron chi connectivity index (χ2n) is 5.85. The Labute approximate surface area is 131 Å². The van der Waals surface area contributed by atoms with Crippen LogP contribution in [0.15, 0.2) is 12.4 Å². The van der Waals surface area contributed by atoms with Crippen molar-refractivity contribution in [1.29, 1.82) is 0 Å². The van der Waals surface area contributed by atoms with Gasteiger partial charge >= 0.3 is 0 Å². The molecule has 118 valence electrons. The van der Waals surface area contributed by atoms with E-state index < -0.39 is 0 Å². The predicted octanol–water partition coefficient (Wildman–Crippen LogP) is 0.490. The zero-order chi connectivity index (χ0) is 13.9. The third-order valence-electron chi connectivity index (χ3n) is 4.28. The highest BCUT2D eigenvalue weighted by molar-refractivity contribution is 5.95. The zero-order valence-corrected chi connectivity index (χ0v) is 13.3. The van der Waals surface area contributed by atoms with E-state index in [0.717, 1.165) is 44.3 Å². The summed E-state index contributed by atoms with van der Waals surface area (Å²) in [6.45, 7) is 5.58. The van der Waals surface area contributed by atoms with Crippen LogP contribution < -0.4 is 10.2 Å². The summed E-state index contributed by atoms with van der Waals surface area (Å²) < 4.78 is 1.74. The number of hydrogen-bond donors (Lipinski definition) is 1. The van der Waals surface area contributed by atoms with Crippen molar-refractivity contribution in [3.63, 3.8) is 0 Å². The molecule has 1 aromatic rings. The molecule has 0 atom stereocenters. The summed E-state index contributed by atoms with van der Waals surface area (Å²) in [4.78, 5) is 16.5. The number of nitrogens with one attached hydrogen (secondary N) is 1. The molecule has 0 unspecified atom stereocenters. The van der Waals surface area contributed by atoms with Crippen LogP contribution in [0.25, 0.3) is 0 Å². The van der Waals surface area contributed by atoms with E-state index in [-0.39, 0.29) is 18.3 Å². The van der Waals surface area contributed by atoms with E-state index in [2.05, 4.69) is 15.3 Å². The van der Waals surface area contributed by atoms with Crippen LogP contribution in [-0.2, 0) is 11.8 Å². The number of halogens is 1. The topological polar surface area (TPSA) is 53.4 Å². The Bertz CT molecular complexity index is 472. The Kier molecular flexibility index (Phi) is 5.61. The SMILES string of the molecule is Cl.Cn1cc(N2CCN(CC3CCNCC3)CC2=O)cn1. The minimum absolute atomic E-state index is 0. The summed E-state index contributed by atoms with van der Waals surface area (Å²) in [5.74, 6) is 0.937. The van der Waals surface area contributed by atoms with Crippen molar-refractivity contribution in [2.75, 3.05) is 44.2 Å². The minimum Gasteiger partial charge on any atom is -0.317 e. The standard InChI is InChI=1S/C14H23N5O.ClH/c1-17-10-13(8-16-17)19-7-6-18(11-14(19)20)9-12-2-4-15-5-3-12;/h8,10,12,15H,2-7,9,11H2,1H3;1H. The first kappa shape index (κ1) is 16.3. The summed E-state index contributed by atoms with van der Waals surface area (Å²) >= 11 is 0. The third-order valence-corrected chi connectivity index (χ3v) is 4.28. The van der Waals surface area contributed by atoms with Crippen LogP contribution in [-0.4, -0.2) is 59.9 Å². The quantitative estimate of drug-likeness (QED) is 0.882. The van der Waals surface area contributed by atoms with Gasteiger partial charge in [-0.05, 0) is 31.8 Å². The molecule has 7 heteroatoms. The lowest BCUT2D eigenvalue weighted by atomic mass is 9.97. The van der Waals surface area contributed by atoms with Crippen molar-refractivity contribution < 1.29 is 4.79 Å². The lowest BCUT2D eigenvalue weighted by Gasteiger charge is -2.36. The van der Waals surface area contributed by atoms with Gasteiger partial charge in [0.1, 0.15) is 0 Å². The summed E-state index contributed by atoms with van der Waals surface area (Å²) in [5.41, 5.74) is 0.916. The Hall–Kier alpha value is -1.11. The molecule has 0 spiro atoms. The van der Waals surface area contributed by atoms with Gasteiger partial charge in [0, 0.05) is 32.9 Å². The molecule has 1 amide bonds. The number of nitrogens with zero attached hydrogens (tertiary/aromatic N) is 4. The maximum absolute atomic E-state index is 12.3. The molecule has 1 N–H and O–H groups in total. The fraction of sp³-hybridized carbons (Fsp3) is 0.714. The van der Waals surface area contributed by atoms with Crippen LogP contribution in [0.4, 0.5) is 5.69 Å². The largest absolute Gasteiger partial charge is 0.317 e. The van der Waals surface area contributed by atoms with Crippen molar-refractivity contribution in [2.45, 2.75) is 12.8 Å². The molecule has 6 nitrogen and oxygen atoms in total. The lowest BCUT2D eigenvalue weighted by Crippen LogP contribution is -2.52. The number of anilines is 1. The van der Waals surface area contributed by atoms with Gasteiger partial charge in [-0.3, -0.25) is 14.4 Å². The highest BCUT2D eigenvalue weighted by Crippen LogP contribution is 2.18. The van der Waals surface area contributed by atoms with Crippen molar-refractivity contribution in [2.24, 2.45) is 13.0 Å². The number of aromatic nitrogens is 2. The lowest BCUT2D eigenvalue weighted by molar-refractivity contribution is -0.121. The second-order valence-corrected chi connectivity index (χ2v) is 5.85. The summed E-state index contributed by atoms with van der Waals surface area (Å²) in [7, 11) is 1.88. The molecule has 0 saturated carbocycles. The number of piperidine rings is 1. The molecule has 0 radical (unpaired) electrons. The predicted molar refractivity (Wildman–Crippen MR) is 84.8 cm³/mol. The number of carbonyl (C=O) groups is 1. The Morgan fingerprint density at radius 3 is 2.71 bits per heavy atom. The van der Waals surface area contributed by atoms with Crippen molar-refractivity contribution in [3.05, 3.63) is 12.4 Å². The van der Waals surface area contributed by atoms with E-state index in [1.165, 1.54) is 12.8 Å². The van der Waals surface area contributed by atoms with Crippen LogP contribution in [0, 0.1) is 5.92 Å². The maximum Gasteiger partial charge on any atom is 0.241 e. The van der Waals surface area contributed by atoms with Gasteiger partial charge in [0.2, 0.25) is 5.91 Å². The normalized spacial score (nSPS) is 21.4. The van der Waals surface area contributed by atoms with Gasteiger partial charge in [0.15, 0.2) is 0 Å². The van der Waals surface area contributed by atoms with E-state index >= 15 is 0 Å². The molecular weight excluding hydrogens is 290 g/mol. The average Bonchev–Trinajstić information content (AvgIpc) is 2.86. The number of carbonyl (C=O) groups excluding carboxylic acids is 1. The van der Waals surface area contributed by atoms with Crippen LogP contribution >= 0.6 is 12.4 Å². The first-order valence-electron chi connectivity index (χ1n) is 7.44. The number of hydrogen-bond acceptors (Lipinski definition) is 4. The average molecular weight is 314 g/mol. The van der Waals surface area contributed by atoms with Crippen molar-refractivity contribution in [1.82, 2.24) is 20.0 Å². The van der Waals surface area contributed by atoms with Gasteiger partial charge in [0.05, 0.1) is 18.4 Å². The van der Waals surface area contributed by atoms with Gasteiger partial charge in [-0.25, -0.2) is 0 Å². The first-order chi connectivity index (χ1) is 9.72. The molecule has 3 rings (SSSR count). The van der Waals surface area contributed by atoms with E-state index in [1.54, 1.807) is 10.9 Å². The highest BCUT2D eigenvalue weighted by atomic mass is 35.5. The van der Waals surface area contributed by atoms with Gasteiger partial charge < -0.3 is 10.2 Å². The van der Waals surface area contributed by atoms with E-state index in [9.17, 15) is 4.79 Å². The number of rotatable bonds is 3. The molecule has 2 saturated heterocycles. The van der Waals surface area contributed by atoms with Gasteiger partial charge in [0.25, 0.3) is 0 Å². The Balaban J connectivity index is 0.00000161. The van der Waals surface area contributed by atoms with Crippen LogP contribution in [0.5, 0.6) is 0 Å². The van der Waals surface area contributed by atoms with E-state index in [0.29, 0.717) is 6.54 Å². The minimum atomic E-state index is 0. The molecule has 0 bridgehead atoms. The van der Waals surface area contributed by atoms with Crippen LogP contribution in [0.1, 0.15) is 12.8 Å². The molecule has 2 aliphatic heterocycles. The number of piperazine rings is 1. The maximum atomic E-state index is 12.3. The molecule has 3 heterocycles. The molecule has 0 aliphatic carbocycles. The van der Waals surface area contributed by atoms with E-state index in [4.69, 9.17) is 0 Å². The third kappa shape index (κ3) is 3.96. The zero-order valence-electron chi connectivity index (χ0n) is 12.5. The first-order valence-corrected chi connectivity index (χ1v) is 7.44. The summed E-state index contributed by atoms with van der Waals surface area (Å²) in [6.07, 6.45) is 6.13. The molecule has 2 fully saturated rings. The fourth-order valence-electron chi connectivity index (χ4n) is 3.13. The fourth-order valence-corrected chi connectivity index (χ4v) is 3.13. The van der Waals surface area contributed by atoms with Crippen LogP contribution in [0.3, 0.4) is 0 Å². The highest BCUT2D eigenvalue weighted by Gasteiger charge is 2.27. The second kappa shape index (κ2) is 7.24. The Morgan fingerprint density at radius 1 is 1.33 bits per heavy atom.